The van der Waals surface area contributed by atoms with Gasteiger partial charge < -0.3 is 9.13 Å². The Labute approximate surface area is 208 Å². The fraction of sp³-hybridized carbons (Fsp3) is 0.0667. The molecule has 4 heteroatoms. The number of benzene rings is 4. The highest BCUT2D eigenvalue weighted by Gasteiger charge is 2.09. The molecule has 6 aromatic rings. The topological polar surface area (TPSA) is 9.86 Å². The van der Waals surface area contributed by atoms with Gasteiger partial charge in [0.2, 0.25) is 0 Å². The summed E-state index contributed by atoms with van der Waals surface area (Å²) < 4.78 is 4.53. The number of rotatable bonds is 5. The van der Waals surface area contributed by atoms with Crippen LogP contribution in [0.2, 0.25) is 10.0 Å². The molecule has 0 unspecified atom stereocenters. The maximum Gasteiger partial charge on any atom is 0.0490 e. The lowest BCUT2D eigenvalue weighted by Crippen LogP contribution is -1.99. The second-order valence-electron chi connectivity index (χ2n) is 8.62. The van der Waals surface area contributed by atoms with Crippen LogP contribution in [0, 0.1) is 0 Å². The zero-order valence-corrected chi connectivity index (χ0v) is 20.0. The maximum absolute atomic E-state index is 6.42. The first kappa shape index (κ1) is 21.1. The highest BCUT2D eigenvalue weighted by atomic mass is 35.5. The monoisotopic (exact) mass is 480 g/mol. The zero-order chi connectivity index (χ0) is 23.1. The largest absolute Gasteiger partial charge is 0.343 e. The van der Waals surface area contributed by atoms with Crippen molar-refractivity contribution in [1.29, 1.82) is 0 Å². The van der Waals surface area contributed by atoms with E-state index in [1.54, 1.807) is 0 Å². The van der Waals surface area contributed by atoms with Crippen molar-refractivity contribution in [3.05, 3.63) is 131 Å². The highest BCUT2D eigenvalue weighted by Crippen LogP contribution is 2.30. The molecule has 0 amide bonds. The lowest BCUT2D eigenvalue weighted by molar-refractivity contribution is 0.837. The molecule has 0 N–H and O–H groups in total. The van der Waals surface area contributed by atoms with Gasteiger partial charge in [0.15, 0.2) is 0 Å². The minimum Gasteiger partial charge on any atom is -0.343 e. The van der Waals surface area contributed by atoms with Crippen molar-refractivity contribution in [1.82, 2.24) is 9.13 Å². The van der Waals surface area contributed by atoms with Crippen LogP contribution in [0.25, 0.3) is 32.9 Å². The minimum atomic E-state index is 0.742. The fourth-order valence-electron chi connectivity index (χ4n) is 4.62. The van der Waals surface area contributed by atoms with Crippen molar-refractivity contribution in [2.75, 3.05) is 0 Å². The van der Waals surface area contributed by atoms with Gasteiger partial charge in [-0.1, -0.05) is 83.9 Å². The van der Waals surface area contributed by atoms with Gasteiger partial charge in [0.1, 0.15) is 0 Å². The summed E-state index contributed by atoms with van der Waals surface area (Å²) in [7, 11) is 0. The summed E-state index contributed by atoms with van der Waals surface area (Å²) in [5, 5.41) is 4.04. The van der Waals surface area contributed by atoms with Gasteiger partial charge in [-0.2, -0.15) is 0 Å². The molecular weight excluding hydrogens is 459 g/mol. The SMILES string of the molecule is Clc1ccccc1Cn1ccc2ccc(-c3ccc4ccn(Cc5ccccc5Cl)c4c3)cc21. The van der Waals surface area contributed by atoms with E-state index in [-0.39, 0.29) is 0 Å². The number of nitrogens with zero attached hydrogens (tertiary/aromatic N) is 2. The fourth-order valence-corrected chi connectivity index (χ4v) is 5.01. The van der Waals surface area contributed by atoms with Gasteiger partial charge in [0.25, 0.3) is 0 Å². The van der Waals surface area contributed by atoms with Crippen LogP contribution < -0.4 is 0 Å². The van der Waals surface area contributed by atoms with Gasteiger partial charge in [-0.15, -0.1) is 0 Å². The molecule has 0 atom stereocenters. The van der Waals surface area contributed by atoms with E-state index in [1.807, 2.05) is 36.4 Å². The molecule has 166 valence electrons. The molecule has 2 aromatic heterocycles. The molecule has 2 nitrogen and oxygen atoms in total. The van der Waals surface area contributed by atoms with Crippen LogP contribution in [-0.4, -0.2) is 9.13 Å². The first-order valence-electron chi connectivity index (χ1n) is 11.3. The minimum absolute atomic E-state index is 0.742. The number of aromatic nitrogens is 2. The first-order valence-corrected chi connectivity index (χ1v) is 12.1. The van der Waals surface area contributed by atoms with E-state index in [4.69, 9.17) is 23.2 Å². The smallest absolute Gasteiger partial charge is 0.0490 e. The molecule has 6 rings (SSSR count). The number of halogens is 2. The Bertz CT molecular complexity index is 1520. The lowest BCUT2D eigenvalue weighted by atomic mass is 10.0. The summed E-state index contributed by atoms with van der Waals surface area (Å²) in [6, 6.07) is 33.7. The third-order valence-corrected chi connectivity index (χ3v) is 7.22. The van der Waals surface area contributed by atoms with Gasteiger partial charge in [0, 0.05) is 46.6 Å². The van der Waals surface area contributed by atoms with E-state index < -0.39 is 0 Å². The van der Waals surface area contributed by atoms with Crippen molar-refractivity contribution >= 4 is 45.0 Å². The Balaban J connectivity index is 1.38. The quantitative estimate of drug-likeness (QED) is 0.233. The molecule has 0 saturated heterocycles. The number of fused-ring (bicyclic) bond motifs is 2. The average molecular weight is 481 g/mol. The second kappa shape index (κ2) is 8.72. The van der Waals surface area contributed by atoms with E-state index in [0.717, 1.165) is 34.3 Å². The number of hydrogen-bond acceptors (Lipinski definition) is 0. The summed E-state index contributed by atoms with van der Waals surface area (Å²) in [6.07, 6.45) is 4.27. The molecule has 0 saturated carbocycles. The predicted molar refractivity (Wildman–Crippen MR) is 144 cm³/mol. The van der Waals surface area contributed by atoms with Crippen molar-refractivity contribution < 1.29 is 0 Å². The van der Waals surface area contributed by atoms with Crippen molar-refractivity contribution in [3.63, 3.8) is 0 Å². The molecular formula is C30H22Cl2N2. The molecule has 2 heterocycles. The molecule has 0 aliphatic carbocycles. The Hall–Kier alpha value is -3.46. The molecule has 34 heavy (non-hydrogen) atoms. The van der Waals surface area contributed by atoms with Crippen LogP contribution in [0.15, 0.2) is 109 Å². The van der Waals surface area contributed by atoms with E-state index in [2.05, 4.69) is 82.2 Å². The van der Waals surface area contributed by atoms with Crippen molar-refractivity contribution in [2.45, 2.75) is 13.1 Å². The van der Waals surface area contributed by atoms with E-state index in [0.29, 0.717) is 0 Å². The van der Waals surface area contributed by atoms with Gasteiger partial charge in [-0.25, -0.2) is 0 Å². The van der Waals surface area contributed by atoms with Gasteiger partial charge in [0.05, 0.1) is 0 Å². The summed E-state index contributed by atoms with van der Waals surface area (Å²) in [4.78, 5) is 0. The Kier molecular flexibility index (Phi) is 5.41. The number of hydrogen-bond donors (Lipinski definition) is 0. The van der Waals surface area contributed by atoms with Gasteiger partial charge in [-0.05, 0) is 69.4 Å². The standard InChI is InChI=1S/C30H22Cl2N2/c31-27-7-3-1-5-25(27)19-33-15-13-21-9-11-23(17-29(21)33)24-12-10-22-14-16-34(30(22)18-24)20-26-6-2-4-8-28(26)32/h1-18H,19-20H2. The Morgan fingerprint density at radius 3 is 1.38 bits per heavy atom. The molecule has 0 aliphatic heterocycles. The second-order valence-corrected chi connectivity index (χ2v) is 9.43. The summed E-state index contributed by atoms with van der Waals surface area (Å²) in [6.45, 7) is 1.48. The lowest BCUT2D eigenvalue weighted by Gasteiger charge is -2.11. The summed E-state index contributed by atoms with van der Waals surface area (Å²) in [5.74, 6) is 0. The zero-order valence-electron chi connectivity index (χ0n) is 18.5. The van der Waals surface area contributed by atoms with Gasteiger partial charge >= 0.3 is 0 Å². The first-order chi connectivity index (χ1) is 16.7. The van der Waals surface area contributed by atoms with Gasteiger partial charge in [-0.3, -0.25) is 0 Å². The maximum atomic E-state index is 6.42. The van der Waals surface area contributed by atoms with E-state index in [9.17, 15) is 0 Å². The summed E-state index contributed by atoms with van der Waals surface area (Å²) in [5.41, 5.74) is 7.02. The molecule has 0 spiro atoms. The predicted octanol–water partition coefficient (Wildman–Crippen LogP) is 8.67. The van der Waals surface area contributed by atoms with Crippen LogP contribution in [-0.2, 0) is 13.1 Å². The Morgan fingerprint density at radius 2 is 0.941 bits per heavy atom. The van der Waals surface area contributed by atoms with Crippen LogP contribution in [0.3, 0.4) is 0 Å². The summed E-state index contributed by atoms with van der Waals surface area (Å²) >= 11 is 12.8. The third-order valence-electron chi connectivity index (χ3n) is 6.48. The van der Waals surface area contributed by atoms with E-state index >= 15 is 0 Å². The van der Waals surface area contributed by atoms with Crippen LogP contribution >= 0.6 is 23.2 Å². The van der Waals surface area contributed by atoms with Crippen LogP contribution in [0.4, 0.5) is 0 Å². The van der Waals surface area contributed by atoms with Crippen LogP contribution in [0.1, 0.15) is 11.1 Å². The van der Waals surface area contributed by atoms with Crippen LogP contribution in [0.5, 0.6) is 0 Å². The molecule has 0 aliphatic rings. The highest BCUT2D eigenvalue weighted by molar-refractivity contribution is 6.31. The normalized spacial score (nSPS) is 11.5. The van der Waals surface area contributed by atoms with Crippen molar-refractivity contribution in [3.8, 4) is 11.1 Å². The molecule has 0 fully saturated rings. The molecule has 0 radical (unpaired) electrons. The molecule has 0 bridgehead atoms. The average Bonchev–Trinajstić information content (AvgIpc) is 3.45. The third kappa shape index (κ3) is 3.90. The van der Waals surface area contributed by atoms with Crippen molar-refractivity contribution in [2.24, 2.45) is 0 Å². The Morgan fingerprint density at radius 1 is 0.500 bits per heavy atom. The molecule has 4 aromatic carbocycles. The van der Waals surface area contributed by atoms with E-state index in [1.165, 1.54) is 32.9 Å².